The zero-order chi connectivity index (χ0) is 23.4. The van der Waals surface area contributed by atoms with Gasteiger partial charge < -0.3 is 4.90 Å². The first-order valence-electron chi connectivity index (χ1n) is 10.6. The fourth-order valence-electron chi connectivity index (χ4n) is 4.73. The number of nitrogens with zero attached hydrogens (tertiary/aromatic N) is 2. The van der Waals surface area contributed by atoms with E-state index >= 15 is 0 Å². The Bertz CT molecular complexity index is 1390. The van der Waals surface area contributed by atoms with Crippen LogP contribution in [0.15, 0.2) is 72.8 Å². The van der Waals surface area contributed by atoms with Crippen molar-refractivity contribution in [1.82, 2.24) is 0 Å². The second-order valence-corrected chi connectivity index (χ2v) is 10.7. The zero-order valence-corrected chi connectivity index (χ0v) is 19.4. The number of hydrogen-bond acceptors (Lipinski definition) is 4. The number of benzene rings is 3. The van der Waals surface area contributed by atoms with E-state index in [1.165, 1.54) is 4.90 Å². The average molecular weight is 481 g/mol. The number of anilines is 2. The van der Waals surface area contributed by atoms with Gasteiger partial charge in [-0.2, -0.15) is 0 Å². The Morgan fingerprint density at radius 3 is 2.30 bits per heavy atom. The van der Waals surface area contributed by atoms with Crippen LogP contribution in [0.25, 0.3) is 0 Å². The first-order valence-corrected chi connectivity index (χ1v) is 12.6. The Balaban J connectivity index is 1.72. The lowest BCUT2D eigenvalue weighted by atomic mass is 10.0. The first-order chi connectivity index (χ1) is 15.8. The Morgan fingerprint density at radius 1 is 0.939 bits per heavy atom. The predicted molar refractivity (Wildman–Crippen MR) is 128 cm³/mol. The van der Waals surface area contributed by atoms with Gasteiger partial charge in [-0.05, 0) is 41.8 Å². The van der Waals surface area contributed by atoms with Crippen LogP contribution in [0.1, 0.15) is 23.6 Å². The molecule has 0 saturated carbocycles. The number of sulfone groups is 1. The van der Waals surface area contributed by atoms with Crippen molar-refractivity contribution in [3.63, 3.8) is 0 Å². The molecular weight excluding hydrogens is 460 g/mol. The van der Waals surface area contributed by atoms with Gasteiger partial charge in [0.1, 0.15) is 5.75 Å². The third-order valence-electron chi connectivity index (χ3n) is 6.31. The summed E-state index contributed by atoms with van der Waals surface area (Å²) in [5.74, 6) is -2.03. The Kier molecular flexibility index (Phi) is 5.06. The van der Waals surface area contributed by atoms with E-state index in [0.29, 0.717) is 22.0 Å². The molecule has 1 atom stereocenters. The summed E-state index contributed by atoms with van der Waals surface area (Å²) in [7, 11) is -4.19. The van der Waals surface area contributed by atoms with Gasteiger partial charge in [-0.3, -0.25) is 14.5 Å². The SMILES string of the molecule is CCc1ccc(N2C(=O)CS(=O)(=O)C23C(=O)N(Cc2ccccc2Cl)c2ccccc23)cc1. The molecule has 0 bridgehead atoms. The normalized spacial score (nSPS) is 21.2. The fourth-order valence-corrected chi connectivity index (χ4v) is 6.95. The highest BCUT2D eigenvalue weighted by molar-refractivity contribution is 7.94. The summed E-state index contributed by atoms with van der Waals surface area (Å²) < 4.78 is 27.2. The largest absolute Gasteiger partial charge is 0.304 e. The van der Waals surface area contributed by atoms with Gasteiger partial charge in [0.15, 0.2) is 9.84 Å². The van der Waals surface area contributed by atoms with Gasteiger partial charge in [0, 0.05) is 16.3 Å². The molecule has 0 N–H and O–H groups in total. The van der Waals surface area contributed by atoms with Gasteiger partial charge in [-0.15, -0.1) is 0 Å². The highest BCUT2D eigenvalue weighted by Crippen LogP contribution is 2.52. The lowest BCUT2D eigenvalue weighted by molar-refractivity contribution is -0.123. The third kappa shape index (κ3) is 3.03. The lowest BCUT2D eigenvalue weighted by Crippen LogP contribution is -2.54. The van der Waals surface area contributed by atoms with Crippen molar-refractivity contribution < 1.29 is 18.0 Å². The van der Waals surface area contributed by atoms with Crippen LogP contribution >= 0.6 is 11.6 Å². The quantitative estimate of drug-likeness (QED) is 0.564. The molecule has 2 aliphatic heterocycles. The van der Waals surface area contributed by atoms with Gasteiger partial charge in [0.2, 0.25) is 5.91 Å². The number of hydrogen-bond donors (Lipinski definition) is 0. The number of aryl methyl sites for hydroxylation is 1. The summed E-state index contributed by atoms with van der Waals surface area (Å²) in [6, 6.07) is 20.9. The Hall–Kier alpha value is -3.16. The number of fused-ring (bicyclic) bond motifs is 2. The fraction of sp³-hybridized carbons (Fsp3) is 0.200. The number of para-hydroxylation sites is 1. The standard InChI is InChI=1S/C25H21ClN2O4S/c1-2-17-11-13-19(14-12-17)28-23(29)16-33(31,32)25(28)20-8-4-6-10-22(20)27(24(25)30)15-18-7-3-5-9-21(18)26/h3-14H,2,15-16H2,1H3. The summed E-state index contributed by atoms with van der Waals surface area (Å²) >= 11 is 6.34. The molecule has 2 aliphatic rings. The van der Waals surface area contributed by atoms with Gasteiger partial charge in [0.25, 0.3) is 10.8 Å². The van der Waals surface area contributed by atoms with E-state index in [9.17, 15) is 18.0 Å². The van der Waals surface area contributed by atoms with E-state index in [-0.39, 0.29) is 12.1 Å². The number of rotatable bonds is 4. The molecular formula is C25H21ClN2O4S. The second kappa shape index (κ2) is 7.71. The molecule has 5 rings (SSSR count). The van der Waals surface area contributed by atoms with Crippen LogP contribution in [0.2, 0.25) is 5.02 Å². The second-order valence-electron chi connectivity index (χ2n) is 8.15. The van der Waals surface area contributed by atoms with Crippen molar-refractivity contribution in [2.75, 3.05) is 15.6 Å². The summed E-state index contributed by atoms with van der Waals surface area (Å²) in [5.41, 5.74) is 2.84. The minimum absolute atomic E-state index is 0.0869. The van der Waals surface area contributed by atoms with Gasteiger partial charge in [0.05, 0.1) is 12.2 Å². The smallest absolute Gasteiger partial charge is 0.274 e. The van der Waals surface area contributed by atoms with Crippen LogP contribution in [-0.2, 0) is 37.3 Å². The summed E-state index contributed by atoms with van der Waals surface area (Å²) in [5, 5.41) is 0.473. The highest BCUT2D eigenvalue weighted by Gasteiger charge is 2.69. The van der Waals surface area contributed by atoms with Crippen LogP contribution in [0.5, 0.6) is 0 Å². The molecule has 0 aliphatic carbocycles. The van der Waals surface area contributed by atoms with Gasteiger partial charge in [-0.25, -0.2) is 8.42 Å². The maximum atomic E-state index is 14.1. The van der Waals surface area contributed by atoms with Crippen LogP contribution in [-0.4, -0.2) is 26.0 Å². The van der Waals surface area contributed by atoms with E-state index in [4.69, 9.17) is 11.6 Å². The molecule has 3 aromatic carbocycles. The maximum Gasteiger partial charge on any atom is 0.274 e. The van der Waals surface area contributed by atoms with E-state index < -0.39 is 32.3 Å². The predicted octanol–water partition coefficient (Wildman–Crippen LogP) is 4.06. The van der Waals surface area contributed by atoms with Crippen molar-refractivity contribution in [2.24, 2.45) is 0 Å². The Labute approximate surface area is 197 Å². The molecule has 2 heterocycles. The monoisotopic (exact) mass is 480 g/mol. The highest BCUT2D eigenvalue weighted by atomic mass is 35.5. The molecule has 8 heteroatoms. The molecule has 1 saturated heterocycles. The number of amides is 2. The molecule has 3 aromatic rings. The molecule has 0 radical (unpaired) electrons. The summed E-state index contributed by atoms with van der Waals surface area (Å²) in [6.07, 6.45) is 0.797. The molecule has 33 heavy (non-hydrogen) atoms. The van der Waals surface area contributed by atoms with Crippen molar-refractivity contribution >= 4 is 44.6 Å². The number of halogens is 1. The van der Waals surface area contributed by atoms with Crippen LogP contribution in [0, 0.1) is 0 Å². The van der Waals surface area contributed by atoms with Crippen molar-refractivity contribution in [2.45, 2.75) is 24.8 Å². The first kappa shape index (κ1) is 21.7. The number of carbonyl (C=O) groups excluding carboxylic acids is 2. The van der Waals surface area contributed by atoms with Crippen LogP contribution < -0.4 is 9.80 Å². The van der Waals surface area contributed by atoms with Crippen molar-refractivity contribution in [3.8, 4) is 0 Å². The molecule has 1 unspecified atom stereocenters. The molecule has 2 amide bonds. The molecule has 1 spiro atoms. The molecule has 1 fully saturated rings. The zero-order valence-electron chi connectivity index (χ0n) is 17.9. The molecule has 168 valence electrons. The molecule has 6 nitrogen and oxygen atoms in total. The topological polar surface area (TPSA) is 74.8 Å². The Morgan fingerprint density at radius 2 is 1.61 bits per heavy atom. The average Bonchev–Trinajstić information content (AvgIpc) is 3.18. The maximum absolute atomic E-state index is 14.1. The van der Waals surface area contributed by atoms with E-state index in [2.05, 4.69) is 0 Å². The van der Waals surface area contributed by atoms with Crippen LogP contribution in [0.4, 0.5) is 11.4 Å². The van der Waals surface area contributed by atoms with Gasteiger partial charge in [-0.1, -0.05) is 67.1 Å². The molecule has 0 aromatic heterocycles. The van der Waals surface area contributed by atoms with Crippen molar-refractivity contribution in [1.29, 1.82) is 0 Å². The van der Waals surface area contributed by atoms with Crippen LogP contribution in [0.3, 0.4) is 0 Å². The minimum atomic E-state index is -4.19. The minimum Gasteiger partial charge on any atom is -0.304 e. The van der Waals surface area contributed by atoms with E-state index in [1.807, 2.05) is 19.1 Å². The van der Waals surface area contributed by atoms with E-state index in [1.54, 1.807) is 60.7 Å². The number of carbonyl (C=O) groups is 2. The third-order valence-corrected chi connectivity index (χ3v) is 8.78. The summed E-state index contributed by atoms with van der Waals surface area (Å²) in [6.45, 7) is 2.09. The van der Waals surface area contributed by atoms with E-state index in [0.717, 1.165) is 16.9 Å². The van der Waals surface area contributed by atoms with Crippen molar-refractivity contribution in [3.05, 3.63) is 94.5 Å². The summed E-state index contributed by atoms with van der Waals surface area (Å²) in [4.78, 5) is 27.7. The lowest BCUT2D eigenvalue weighted by Gasteiger charge is -2.32. The van der Waals surface area contributed by atoms with Gasteiger partial charge >= 0.3 is 0 Å².